The van der Waals surface area contributed by atoms with Crippen molar-refractivity contribution in [1.82, 2.24) is 9.62 Å². The van der Waals surface area contributed by atoms with E-state index in [1.54, 1.807) is 6.07 Å². The van der Waals surface area contributed by atoms with Crippen molar-refractivity contribution >= 4 is 32.7 Å². The Morgan fingerprint density at radius 1 is 1.15 bits per heavy atom. The van der Waals surface area contributed by atoms with Crippen molar-refractivity contribution in [3.8, 4) is 0 Å². The Morgan fingerprint density at radius 3 is 2.42 bits per heavy atom. The molecule has 0 aliphatic carbocycles. The van der Waals surface area contributed by atoms with Gasteiger partial charge in [0.25, 0.3) is 0 Å². The van der Waals surface area contributed by atoms with Crippen LogP contribution in [0.4, 0.5) is 0 Å². The number of hydrogen-bond donors (Lipinski definition) is 2. The zero-order chi connectivity index (χ0) is 19.3. The quantitative estimate of drug-likeness (QED) is 0.728. The molecule has 2 N–H and O–H groups in total. The second-order valence-electron chi connectivity index (χ2n) is 5.98. The second-order valence-corrected chi connectivity index (χ2v) is 8.35. The molecular formula is C18H22N2O5S. The van der Waals surface area contributed by atoms with Crippen molar-refractivity contribution in [3.05, 3.63) is 48.0 Å². The molecule has 26 heavy (non-hydrogen) atoms. The summed E-state index contributed by atoms with van der Waals surface area (Å²) in [4.78, 5) is 23.4. The normalized spacial score (nSPS) is 12.9. The third kappa shape index (κ3) is 5.03. The van der Waals surface area contributed by atoms with Crippen LogP contribution in [-0.2, 0) is 19.6 Å². The molecule has 0 bridgehead atoms. The predicted molar refractivity (Wildman–Crippen MR) is 99.2 cm³/mol. The largest absolute Gasteiger partial charge is 0.481 e. The molecule has 0 aromatic heterocycles. The van der Waals surface area contributed by atoms with Gasteiger partial charge in [-0.1, -0.05) is 36.4 Å². The third-order valence-electron chi connectivity index (χ3n) is 4.10. The van der Waals surface area contributed by atoms with Crippen LogP contribution in [-0.4, -0.2) is 49.1 Å². The number of carbonyl (C=O) groups excluding carboxylic acids is 1. The molecule has 0 saturated carbocycles. The lowest BCUT2D eigenvalue weighted by atomic mass is 9.99. The van der Waals surface area contributed by atoms with E-state index in [4.69, 9.17) is 5.11 Å². The van der Waals surface area contributed by atoms with Crippen LogP contribution in [0, 0.1) is 0 Å². The first-order valence-electron chi connectivity index (χ1n) is 8.17. The van der Waals surface area contributed by atoms with Crippen LogP contribution in [0.1, 0.15) is 24.9 Å². The Labute approximate surface area is 152 Å². The van der Waals surface area contributed by atoms with E-state index < -0.39 is 27.9 Å². The molecule has 0 aliphatic heterocycles. The number of nitrogens with one attached hydrogen (secondary N) is 1. The smallest absolute Gasteiger partial charge is 0.305 e. The summed E-state index contributed by atoms with van der Waals surface area (Å²) in [6.45, 7) is 1.13. The van der Waals surface area contributed by atoms with Crippen LogP contribution in [0.5, 0.6) is 0 Å². The Balaban J connectivity index is 2.21. The second kappa shape index (κ2) is 8.29. The molecule has 7 nitrogen and oxygen atoms in total. The number of carbonyl (C=O) groups is 2. The van der Waals surface area contributed by atoms with Gasteiger partial charge in [0.2, 0.25) is 15.9 Å². The number of aliphatic carboxylic acids is 1. The van der Waals surface area contributed by atoms with Crippen LogP contribution in [0.3, 0.4) is 0 Å². The van der Waals surface area contributed by atoms with Gasteiger partial charge in [-0.05, 0) is 29.3 Å². The lowest BCUT2D eigenvalue weighted by molar-refractivity contribution is -0.137. The molecule has 0 aliphatic rings. The standard InChI is InChI=1S/C18H22N2O5S/c1-3-26(24,25)20(2)12-17(21)19-16(11-18(22)23)15-9-8-13-6-4-5-7-14(13)10-15/h4-10,16H,3,11-12H2,1-2H3,(H,19,21)(H,22,23)/t16-/m0/s1. The number of rotatable bonds is 8. The van der Waals surface area contributed by atoms with Crippen molar-refractivity contribution < 1.29 is 23.1 Å². The maximum absolute atomic E-state index is 12.2. The Kier molecular flexibility index (Phi) is 6.33. The minimum atomic E-state index is -3.49. The first-order chi connectivity index (χ1) is 12.2. The summed E-state index contributed by atoms with van der Waals surface area (Å²) in [5.74, 6) is -1.72. The van der Waals surface area contributed by atoms with Crippen molar-refractivity contribution in [1.29, 1.82) is 0 Å². The number of carboxylic acid groups (broad SMARTS) is 1. The minimum absolute atomic E-state index is 0.111. The summed E-state index contributed by atoms with van der Waals surface area (Å²) in [6.07, 6.45) is -0.297. The zero-order valence-corrected chi connectivity index (χ0v) is 15.5. The summed E-state index contributed by atoms with van der Waals surface area (Å²) in [5.41, 5.74) is 0.653. The summed E-state index contributed by atoms with van der Waals surface area (Å²) in [6, 6.07) is 12.3. The number of sulfonamides is 1. The fraction of sp³-hybridized carbons (Fsp3) is 0.333. The molecule has 0 unspecified atom stereocenters. The lowest BCUT2D eigenvalue weighted by Gasteiger charge is -2.21. The zero-order valence-electron chi connectivity index (χ0n) is 14.7. The molecule has 2 aromatic rings. The molecule has 2 rings (SSSR count). The van der Waals surface area contributed by atoms with Crippen LogP contribution in [0.25, 0.3) is 10.8 Å². The topological polar surface area (TPSA) is 104 Å². The number of nitrogens with zero attached hydrogens (tertiary/aromatic N) is 1. The van der Waals surface area contributed by atoms with Crippen LogP contribution < -0.4 is 5.32 Å². The van der Waals surface area contributed by atoms with Crippen molar-refractivity contribution in [2.75, 3.05) is 19.3 Å². The number of likely N-dealkylation sites (N-methyl/N-ethyl adjacent to an activating group) is 1. The van der Waals surface area contributed by atoms with Crippen LogP contribution in [0.15, 0.2) is 42.5 Å². The van der Waals surface area contributed by atoms with Gasteiger partial charge in [0.1, 0.15) is 0 Å². The molecule has 0 heterocycles. The van der Waals surface area contributed by atoms with Gasteiger partial charge in [-0.25, -0.2) is 8.42 Å². The van der Waals surface area contributed by atoms with E-state index in [1.807, 2.05) is 36.4 Å². The van der Waals surface area contributed by atoms with Crippen LogP contribution in [0.2, 0.25) is 0 Å². The van der Waals surface area contributed by atoms with Crippen LogP contribution >= 0.6 is 0 Å². The molecule has 0 fully saturated rings. The number of hydrogen-bond acceptors (Lipinski definition) is 4. The Morgan fingerprint density at radius 2 is 1.81 bits per heavy atom. The predicted octanol–water partition coefficient (Wildman–Crippen LogP) is 1.75. The van der Waals surface area contributed by atoms with Crippen molar-refractivity contribution in [2.24, 2.45) is 0 Å². The highest BCUT2D eigenvalue weighted by Gasteiger charge is 2.22. The Bertz CT molecular complexity index is 911. The molecular weight excluding hydrogens is 356 g/mol. The average molecular weight is 378 g/mol. The monoisotopic (exact) mass is 378 g/mol. The van der Waals surface area contributed by atoms with Gasteiger partial charge in [-0.2, -0.15) is 4.31 Å². The van der Waals surface area contributed by atoms with Gasteiger partial charge in [-0.15, -0.1) is 0 Å². The molecule has 2 aromatic carbocycles. The van der Waals surface area contributed by atoms with Gasteiger partial charge in [0, 0.05) is 7.05 Å². The van der Waals surface area contributed by atoms with E-state index in [0.29, 0.717) is 5.56 Å². The fourth-order valence-electron chi connectivity index (χ4n) is 2.61. The molecule has 8 heteroatoms. The number of carboxylic acids is 1. The summed E-state index contributed by atoms with van der Waals surface area (Å²) < 4.78 is 24.5. The van der Waals surface area contributed by atoms with Gasteiger partial charge in [-0.3, -0.25) is 9.59 Å². The SMILES string of the molecule is CCS(=O)(=O)N(C)CC(=O)N[C@@H](CC(=O)O)c1ccc2ccccc2c1. The van der Waals surface area contributed by atoms with E-state index in [-0.39, 0.29) is 18.7 Å². The molecule has 1 atom stereocenters. The van der Waals surface area contributed by atoms with E-state index in [0.717, 1.165) is 15.1 Å². The van der Waals surface area contributed by atoms with Gasteiger partial charge >= 0.3 is 5.97 Å². The van der Waals surface area contributed by atoms with E-state index >= 15 is 0 Å². The highest BCUT2D eigenvalue weighted by atomic mass is 32.2. The van der Waals surface area contributed by atoms with Gasteiger partial charge < -0.3 is 10.4 Å². The summed E-state index contributed by atoms with van der Waals surface area (Å²) >= 11 is 0. The fourth-order valence-corrected chi connectivity index (χ4v) is 3.37. The van der Waals surface area contributed by atoms with E-state index in [1.165, 1.54) is 14.0 Å². The number of fused-ring (bicyclic) bond motifs is 1. The molecule has 0 saturated heterocycles. The van der Waals surface area contributed by atoms with Gasteiger partial charge in [0.15, 0.2) is 0 Å². The maximum atomic E-state index is 12.2. The minimum Gasteiger partial charge on any atom is -0.481 e. The lowest BCUT2D eigenvalue weighted by Crippen LogP contribution is -2.40. The number of amides is 1. The number of benzene rings is 2. The third-order valence-corrected chi connectivity index (χ3v) is 5.90. The molecule has 1 amide bonds. The summed E-state index contributed by atoms with van der Waals surface area (Å²) in [5, 5.41) is 13.7. The first kappa shape index (κ1) is 19.9. The van der Waals surface area contributed by atoms with E-state index in [2.05, 4.69) is 5.32 Å². The molecule has 140 valence electrons. The molecule has 0 radical (unpaired) electrons. The first-order valence-corrected chi connectivity index (χ1v) is 9.77. The highest BCUT2D eigenvalue weighted by Crippen LogP contribution is 2.22. The average Bonchev–Trinajstić information content (AvgIpc) is 2.60. The van der Waals surface area contributed by atoms with E-state index in [9.17, 15) is 18.0 Å². The highest BCUT2D eigenvalue weighted by molar-refractivity contribution is 7.89. The maximum Gasteiger partial charge on any atom is 0.305 e. The Hall–Kier alpha value is -2.45. The molecule has 0 spiro atoms. The van der Waals surface area contributed by atoms with Crippen molar-refractivity contribution in [2.45, 2.75) is 19.4 Å². The van der Waals surface area contributed by atoms with Crippen molar-refractivity contribution in [3.63, 3.8) is 0 Å². The summed E-state index contributed by atoms with van der Waals surface area (Å²) in [7, 11) is -2.17. The van der Waals surface area contributed by atoms with Gasteiger partial charge in [0.05, 0.1) is 24.8 Å².